The van der Waals surface area contributed by atoms with E-state index in [-0.39, 0.29) is 5.75 Å². The summed E-state index contributed by atoms with van der Waals surface area (Å²) in [6.45, 7) is 0.934. The molecule has 0 heterocycles. The van der Waals surface area contributed by atoms with Gasteiger partial charge in [-0.1, -0.05) is 48.0 Å². The van der Waals surface area contributed by atoms with Crippen molar-refractivity contribution in [3.05, 3.63) is 65.2 Å². The third kappa shape index (κ3) is 5.02. The molecule has 0 saturated heterocycles. The molecule has 0 saturated carbocycles. The van der Waals surface area contributed by atoms with Crippen molar-refractivity contribution in [1.82, 2.24) is 4.72 Å². The zero-order valence-electron chi connectivity index (χ0n) is 12.4. The molecule has 0 fully saturated rings. The fraction of sp³-hybridized carbons (Fsp3) is 0.250. The SMILES string of the molecule is CN(CCNS(=O)(=O)Cc1ccccc1Cl)c1ccccc1. The molecule has 0 amide bonds. The summed E-state index contributed by atoms with van der Waals surface area (Å²) < 4.78 is 26.8. The van der Waals surface area contributed by atoms with Crippen LogP contribution in [0.4, 0.5) is 5.69 Å². The smallest absolute Gasteiger partial charge is 0.215 e. The van der Waals surface area contributed by atoms with Crippen LogP contribution in [0, 0.1) is 0 Å². The molecule has 0 atom stereocenters. The highest BCUT2D eigenvalue weighted by Gasteiger charge is 2.13. The number of benzene rings is 2. The van der Waals surface area contributed by atoms with Gasteiger partial charge in [-0.3, -0.25) is 0 Å². The Morgan fingerprint density at radius 2 is 1.68 bits per heavy atom. The molecule has 0 unspecified atom stereocenters. The fourth-order valence-electron chi connectivity index (χ4n) is 2.05. The molecular weight excluding hydrogens is 320 g/mol. The monoisotopic (exact) mass is 338 g/mol. The number of anilines is 1. The predicted molar refractivity (Wildman–Crippen MR) is 91.8 cm³/mol. The summed E-state index contributed by atoms with van der Waals surface area (Å²) in [4.78, 5) is 2.00. The van der Waals surface area contributed by atoms with Crippen LogP contribution in [0.25, 0.3) is 0 Å². The molecule has 2 aromatic rings. The molecule has 22 heavy (non-hydrogen) atoms. The minimum atomic E-state index is -3.40. The quantitative estimate of drug-likeness (QED) is 0.844. The molecule has 4 nitrogen and oxygen atoms in total. The van der Waals surface area contributed by atoms with E-state index in [2.05, 4.69) is 4.72 Å². The first kappa shape index (κ1) is 16.8. The van der Waals surface area contributed by atoms with Crippen molar-refractivity contribution in [2.24, 2.45) is 0 Å². The van der Waals surface area contributed by atoms with E-state index in [1.165, 1.54) is 0 Å². The van der Waals surface area contributed by atoms with Gasteiger partial charge < -0.3 is 4.90 Å². The maximum atomic E-state index is 12.1. The number of nitrogens with zero attached hydrogens (tertiary/aromatic N) is 1. The molecule has 0 aromatic heterocycles. The molecule has 1 N–H and O–H groups in total. The first-order chi connectivity index (χ1) is 10.5. The van der Waals surface area contributed by atoms with Crippen LogP contribution in [0.1, 0.15) is 5.56 Å². The first-order valence-electron chi connectivity index (χ1n) is 6.95. The van der Waals surface area contributed by atoms with Crippen molar-refractivity contribution in [2.45, 2.75) is 5.75 Å². The van der Waals surface area contributed by atoms with E-state index in [9.17, 15) is 8.42 Å². The second-order valence-electron chi connectivity index (χ2n) is 5.00. The molecule has 2 rings (SSSR count). The summed E-state index contributed by atoms with van der Waals surface area (Å²) in [7, 11) is -1.47. The Bertz CT molecular complexity index is 705. The molecule has 0 bridgehead atoms. The van der Waals surface area contributed by atoms with Crippen LogP contribution in [0.15, 0.2) is 54.6 Å². The molecule has 6 heteroatoms. The highest BCUT2D eigenvalue weighted by atomic mass is 35.5. The minimum absolute atomic E-state index is 0.109. The van der Waals surface area contributed by atoms with E-state index in [0.717, 1.165) is 5.69 Å². The Morgan fingerprint density at radius 3 is 2.36 bits per heavy atom. The third-order valence-electron chi connectivity index (χ3n) is 3.27. The molecule has 2 aromatic carbocycles. The number of hydrogen-bond donors (Lipinski definition) is 1. The molecule has 0 aliphatic heterocycles. The van der Waals surface area contributed by atoms with Crippen LogP contribution >= 0.6 is 11.6 Å². The van der Waals surface area contributed by atoms with Gasteiger partial charge in [0.15, 0.2) is 0 Å². The summed E-state index contributed by atoms with van der Waals surface area (Å²) in [6, 6.07) is 16.8. The molecular formula is C16H19ClN2O2S. The number of likely N-dealkylation sites (N-methyl/N-ethyl adjacent to an activating group) is 1. The van der Waals surface area contributed by atoms with E-state index in [1.54, 1.807) is 24.3 Å². The predicted octanol–water partition coefficient (Wildman–Crippen LogP) is 2.90. The van der Waals surface area contributed by atoms with Crippen LogP contribution < -0.4 is 9.62 Å². The van der Waals surface area contributed by atoms with Crippen LogP contribution in [-0.2, 0) is 15.8 Å². The average molecular weight is 339 g/mol. The number of para-hydroxylation sites is 1. The Hall–Kier alpha value is -1.56. The standard InChI is InChI=1S/C16H19ClN2O2S/c1-19(15-8-3-2-4-9-15)12-11-18-22(20,21)13-14-7-5-6-10-16(14)17/h2-10,18H,11-13H2,1H3. The molecule has 0 aliphatic rings. The summed E-state index contributed by atoms with van der Waals surface area (Å²) in [5, 5.41) is 0.467. The lowest BCUT2D eigenvalue weighted by atomic mass is 10.2. The summed E-state index contributed by atoms with van der Waals surface area (Å²) in [5.41, 5.74) is 1.65. The molecule has 0 spiro atoms. The highest BCUT2D eigenvalue weighted by Crippen LogP contribution is 2.17. The zero-order valence-corrected chi connectivity index (χ0v) is 13.9. The van der Waals surface area contributed by atoms with Crippen molar-refractivity contribution in [3.8, 4) is 0 Å². The Kier molecular flexibility index (Phi) is 5.83. The van der Waals surface area contributed by atoms with Crippen LogP contribution in [0.3, 0.4) is 0 Å². The topological polar surface area (TPSA) is 49.4 Å². The Balaban J connectivity index is 1.87. The average Bonchev–Trinajstić information content (AvgIpc) is 2.50. The largest absolute Gasteiger partial charge is 0.373 e. The van der Waals surface area contributed by atoms with Gasteiger partial charge in [-0.15, -0.1) is 0 Å². The number of rotatable bonds is 7. The fourth-order valence-corrected chi connectivity index (χ4v) is 3.50. The highest BCUT2D eigenvalue weighted by molar-refractivity contribution is 7.88. The lowest BCUT2D eigenvalue weighted by Crippen LogP contribution is -2.33. The molecule has 0 aliphatic carbocycles. The molecule has 0 radical (unpaired) electrons. The lowest BCUT2D eigenvalue weighted by molar-refractivity contribution is 0.580. The second-order valence-corrected chi connectivity index (χ2v) is 7.22. The van der Waals surface area contributed by atoms with Gasteiger partial charge in [0.25, 0.3) is 0 Å². The van der Waals surface area contributed by atoms with Gasteiger partial charge in [0.2, 0.25) is 10.0 Å². The maximum absolute atomic E-state index is 12.1. The maximum Gasteiger partial charge on any atom is 0.215 e. The molecule has 118 valence electrons. The minimum Gasteiger partial charge on any atom is -0.373 e. The van der Waals surface area contributed by atoms with Crippen LogP contribution in [-0.4, -0.2) is 28.6 Å². The van der Waals surface area contributed by atoms with E-state index >= 15 is 0 Å². The number of halogens is 1. The zero-order chi connectivity index (χ0) is 16.0. The van der Waals surface area contributed by atoms with Gasteiger partial charge >= 0.3 is 0 Å². The van der Waals surface area contributed by atoms with Crippen LogP contribution in [0.5, 0.6) is 0 Å². The Morgan fingerprint density at radius 1 is 1.05 bits per heavy atom. The van der Waals surface area contributed by atoms with Gasteiger partial charge in [0.05, 0.1) is 5.75 Å². The number of nitrogens with one attached hydrogen (secondary N) is 1. The van der Waals surface area contributed by atoms with Crippen molar-refractivity contribution >= 4 is 27.3 Å². The third-order valence-corrected chi connectivity index (χ3v) is 4.97. The van der Waals surface area contributed by atoms with E-state index in [4.69, 9.17) is 11.6 Å². The van der Waals surface area contributed by atoms with Gasteiger partial charge in [-0.25, -0.2) is 13.1 Å². The lowest BCUT2D eigenvalue weighted by Gasteiger charge is -2.19. The summed E-state index contributed by atoms with van der Waals surface area (Å²) >= 11 is 5.99. The van der Waals surface area contributed by atoms with Gasteiger partial charge in [-0.2, -0.15) is 0 Å². The first-order valence-corrected chi connectivity index (χ1v) is 8.98. The van der Waals surface area contributed by atoms with Crippen molar-refractivity contribution in [2.75, 3.05) is 25.0 Å². The van der Waals surface area contributed by atoms with E-state index in [1.807, 2.05) is 42.3 Å². The van der Waals surface area contributed by atoms with E-state index in [0.29, 0.717) is 23.7 Å². The van der Waals surface area contributed by atoms with Gasteiger partial charge in [0, 0.05) is 30.8 Å². The van der Waals surface area contributed by atoms with E-state index < -0.39 is 10.0 Å². The second kappa shape index (κ2) is 7.63. The Labute approximate surface area is 136 Å². The van der Waals surface area contributed by atoms with Crippen molar-refractivity contribution in [3.63, 3.8) is 0 Å². The number of sulfonamides is 1. The normalized spacial score (nSPS) is 11.4. The van der Waals surface area contributed by atoms with Gasteiger partial charge in [-0.05, 0) is 23.8 Å². The van der Waals surface area contributed by atoms with Crippen molar-refractivity contribution in [1.29, 1.82) is 0 Å². The summed E-state index contributed by atoms with van der Waals surface area (Å²) in [5.74, 6) is -0.109. The van der Waals surface area contributed by atoms with Crippen molar-refractivity contribution < 1.29 is 8.42 Å². The van der Waals surface area contributed by atoms with Gasteiger partial charge in [0.1, 0.15) is 0 Å². The number of hydrogen-bond acceptors (Lipinski definition) is 3. The van der Waals surface area contributed by atoms with Crippen LogP contribution in [0.2, 0.25) is 5.02 Å². The summed E-state index contributed by atoms with van der Waals surface area (Å²) in [6.07, 6.45) is 0.